The maximum atomic E-state index is 13.9. The Labute approximate surface area is 184 Å². The second-order valence-corrected chi connectivity index (χ2v) is 8.74. The number of Topliss-reactive ketones (excluding diaryl/α,β-unsaturated/α-hetero) is 1. The van der Waals surface area contributed by atoms with Crippen LogP contribution in [-0.4, -0.2) is 47.9 Å². The molecule has 2 saturated heterocycles. The van der Waals surface area contributed by atoms with Crippen molar-refractivity contribution in [2.75, 3.05) is 19.7 Å². The van der Waals surface area contributed by atoms with Gasteiger partial charge in [-0.25, -0.2) is 0 Å². The van der Waals surface area contributed by atoms with E-state index in [4.69, 9.17) is 4.74 Å². The number of ketones is 1. The Balaban J connectivity index is 1.45. The minimum atomic E-state index is -0.644. The molecular weight excluding hydrogens is 388 g/mol. The van der Waals surface area contributed by atoms with E-state index in [1.165, 1.54) is 0 Å². The first kappa shape index (κ1) is 21.7. The van der Waals surface area contributed by atoms with Gasteiger partial charge in [-0.05, 0) is 43.4 Å². The monoisotopic (exact) mass is 420 g/mol. The van der Waals surface area contributed by atoms with Gasteiger partial charge in [0.15, 0.2) is 5.78 Å². The number of rotatable bonds is 8. The Morgan fingerprint density at radius 1 is 1.10 bits per heavy atom. The molecule has 1 N–H and O–H groups in total. The third-order valence-corrected chi connectivity index (χ3v) is 6.85. The van der Waals surface area contributed by atoms with E-state index in [2.05, 4.69) is 24.4 Å². The quantitative estimate of drug-likeness (QED) is 0.708. The highest BCUT2D eigenvalue weighted by atomic mass is 16.5. The molecule has 5 nitrogen and oxygen atoms in total. The van der Waals surface area contributed by atoms with Gasteiger partial charge in [0.05, 0.1) is 12.6 Å². The Morgan fingerprint density at radius 2 is 1.81 bits per heavy atom. The van der Waals surface area contributed by atoms with Gasteiger partial charge in [-0.15, -0.1) is 0 Å². The van der Waals surface area contributed by atoms with Crippen molar-refractivity contribution in [3.05, 3.63) is 71.8 Å². The zero-order valence-electron chi connectivity index (χ0n) is 18.3. The molecule has 2 heterocycles. The van der Waals surface area contributed by atoms with Crippen molar-refractivity contribution in [1.29, 1.82) is 0 Å². The molecule has 1 amide bonds. The largest absolute Gasteiger partial charge is 0.369 e. The van der Waals surface area contributed by atoms with E-state index in [0.29, 0.717) is 13.2 Å². The van der Waals surface area contributed by atoms with Crippen molar-refractivity contribution in [1.82, 2.24) is 10.2 Å². The van der Waals surface area contributed by atoms with Gasteiger partial charge in [0.1, 0.15) is 12.1 Å². The number of benzene rings is 2. The number of ether oxygens (including phenoxy) is 1. The summed E-state index contributed by atoms with van der Waals surface area (Å²) in [6.45, 7) is 4.04. The van der Waals surface area contributed by atoms with Crippen LogP contribution in [0.1, 0.15) is 49.7 Å². The zero-order chi connectivity index (χ0) is 21.7. The molecule has 0 saturated carbocycles. The minimum Gasteiger partial charge on any atom is -0.369 e. The third-order valence-electron chi connectivity index (χ3n) is 6.85. The van der Waals surface area contributed by atoms with E-state index in [1.54, 1.807) is 0 Å². The molecule has 0 aromatic heterocycles. The van der Waals surface area contributed by atoms with Gasteiger partial charge in [0, 0.05) is 12.5 Å². The van der Waals surface area contributed by atoms with Crippen molar-refractivity contribution in [2.24, 2.45) is 0 Å². The first-order valence-corrected chi connectivity index (χ1v) is 11.4. The second kappa shape index (κ2) is 9.75. The van der Waals surface area contributed by atoms with Gasteiger partial charge >= 0.3 is 0 Å². The number of hydrogen-bond acceptors (Lipinski definition) is 4. The summed E-state index contributed by atoms with van der Waals surface area (Å²) in [6.07, 6.45) is 3.34. The molecule has 2 aromatic carbocycles. The summed E-state index contributed by atoms with van der Waals surface area (Å²) in [5.41, 5.74) is 1.55. The van der Waals surface area contributed by atoms with Crippen LogP contribution in [0.2, 0.25) is 0 Å². The highest BCUT2D eigenvalue weighted by Gasteiger charge is 2.50. The van der Waals surface area contributed by atoms with Gasteiger partial charge in [0.25, 0.3) is 0 Å². The summed E-state index contributed by atoms with van der Waals surface area (Å²) in [5, 5.41) is 3.54. The van der Waals surface area contributed by atoms with E-state index in [0.717, 1.165) is 43.4 Å². The van der Waals surface area contributed by atoms with Gasteiger partial charge in [0.2, 0.25) is 5.91 Å². The number of amides is 1. The molecule has 2 aliphatic rings. The predicted molar refractivity (Wildman–Crippen MR) is 121 cm³/mol. The Hall–Kier alpha value is -2.50. The number of carbonyl (C=O) groups excluding carboxylic acids is 2. The Kier molecular flexibility index (Phi) is 6.83. The average molecular weight is 421 g/mol. The lowest BCUT2D eigenvalue weighted by Gasteiger charge is -2.39. The maximum absolute atomic E-state index is 13.9. The molecule has 2 aromatic rings. The van der Waals surface area contributed by atoms with Crippen molar-refractivity contribution in [3.63, 3.8) is 0 Å². The molecule has 5 heteroatoms. The smallest absolute Gasteiger partial charge is 0.244 e. The van der Waals surface area contributed by atoms with E-state index < -0.39 is 5.54 Å². The van der Waals surface area contributed by atoms with Crippen LogP contribution in [0.15, 0.2) is 60.7 Å². The van der Waals surface area contributed by atoms with Crippen LogP contribution in [0.4, 0.5) is 0 Å². The standard InChI is InChI=1S/C26H32N2O3/c1-20(22-12-6-3-7-13-22)26(15-9-16-27-26)25(30)28-17-8-14-23(28)24(29)19-31-18-21-10-4-2-5-11-21/h2-7,10-13,20,23,27H,8-9,14-19H2,1H3. The maximum Gasteiger partial charge on any atom is 0.244 e. The SMILES string of the molecule is CC(c1ccccc1)C1(C(=O)N2CCCC2C(=O)COCc2ccccc2)CCCN1. The summed E-state index contributed by atoms with van der Waals surface area (Å²) in [5.74, 6) is 0.108. The van der Waals surface area contributed by atoms with Crippen molar-refractivity contribution in [3.8, 4) is 0 Å². The number of hydrogen-bond donors (Lipinski definition) is 1. The van der Waals surface area contributed by atoms with E-state index in [9.17, 15) is 9.59 Å². The van der Waals surface area contributed by atoms with Crippen LogP contribution in [0.25, 0.3) is 0 Å². The third kappa shape index (κ3) is 4.58. The molecule has 2 aliphatic heterocycles. The second-order valence-electron chi connectivity index (χ2n) is 8.74. The van der Waals surface area contributed by atoms with Gasteiger partial charge in [-0.3, -0.25) is 9.59 Å². The summed E-state index contributed by atoms with van der Waals surface area (Å²) in [7, 11) is 0. The highest BCUT2D eigenvalue weighted by molar-refractivity contribution is 5.94. The van der Waals surface area contributed by atoms with E-state index >= 15 is 0 Å². The molecule has 0 aliphatic carbocycles. The van der Waals surface area contributed by atoms with E-state index in [1.807, 2.05) is 53.4 Å². The summed E-state index contributed by atoms with van der Waals surface area (Å²) < 4.78 is 5.69. The molecule has 3 unspecified atom stereocenters. The van der Waals surface area contributed by atoms with Crippen molar-refractivity contribution >= 4 is 11.7 Å². The van der Waals surface area contributed by atoms with Crippen LogP contribution in [0, 0.1) is 0 Å². The Bertz CT molecular complexity index is 878. The summed E-state index contributed by atoms with van der Waals surface area (Å²) >= 11 is 0. The van der Waals surface area contributed by atoms with Crippen LogP contribution in [0.5, 0.6) is 0 Å². The van der Waals surface area contributed by atoms with Gasteiger partial charge in [-0.2, -0.15) is 0 Å². The summed E-state index contributed by atoms with van der Waals surface area (Å²) in [6, 6.07) is 19.7. The molecule has 3 atom stereocenters. The van der Waals surface area contributed by atoms with Crippen molar-refractivity contribution < 1.29 is 14.3 Å². The number of nitrogens with zero attached hydrogens (tertiary/aromatic N) is 1. The number of carbonyl (C=O) groups is 2. The van der Waals surface area contributed by atoms with Crippen LogP contribution in [0.3, 0.4) is 0 Å². The van der Waals surface area contributed by atoms with Crippen LogP contribution in [-0.2, 0) is 20.9 Å². The highest BCUT2D eigenvalue weighted by Crippen LogP contribution is 2.38. The lowest BCUT2D eigenvalue weighted by Crippen LogP contribution is -2.59. The van der Waals surface area contributed by atoms with Crippen LogP contribution < -0.4 is 5.32 Å². The van der Waals surface area contributed by atoms with Crippen molar-refractivity contribution in [2.45, 2.75) is 56.7 Å². The first-order chi connectivity index (χ1) is 15.1. The normalized spacial score (nSPS) is 24.3. The molecular formula is C26H32N2O3. The molecule has 31 heavy (non-hydrogen) atoms. The number of likely N-dealkylation sites (tertiary alicyclic amines) is 1. The van der Waals surface area contributed by atoms with Gasteiger partial charge < -0.3 is 15.0 Å². The first-order valence-electron chi connectivity index (χ1n) is 11.4. The lowest BCUT2D eigenvalue weighted by atomic mass is 9.78. The molecule has 164 valence electrons. The van der Waals surface area contributed by atoms with Gasteiger partial charge in [-0.1, -0.05) is 67.6 Å². The predicted octanol–water partition coefficient (Wildman–Crippen LogP) is 3.69. The number of nitrogens with one attached hydrogen (secondary N) is 1. The molecule has 2 fully saturated rings. The molecule has 0 spiro atoms. The van der Waals surface area contributed by atoms with Crippen LogP contribution >= 0.6 is 0 Å². The Morgan fingerprint density at radius 3 is 2.48 bits per heavy atom. The van der Waals surface area contributed by atoms with E-state index in [-0.39, 0.29) is 30.3 Å². The topological polar surface area (TPSA) is 58.6 Å². The fraction of sp³-hybridized carbons (Fsp3) is 0.462. The summed E-state index contributed by atoms with van der Waals surface area (Å²) in [4.78, 5) is 28.7. The zero-order valence-corrected chi connectivity index (χ0v) is 18.3. The average Bonchev–Trinajstić information content (AvgIpc) is 3.50. The fourth-order valence-corrected chi connectivity index (χ4v) is 5.07. The fourth-order valence-electron chi connectivity index (χ4n) is 5.07. The molecule has 0 radical (unpaired) electrons. The minimum absolute atomic E-state index is 0.00212. The molecule has 0 bridgehead atoms. The lowest BCUT2D eigenvalue weighted by molar-refractivity contribution is -0.144. The molecule has 4 rings (SSSR count).